The van der Waals surface area contributed by atoms with Crippen LogP contribution in [-0.4, -0.2) is 41.9 Å². The lowest BCUT2D eigenvalue weighted by Gasteiger charge is -2.21. The monoisotopic (exact) mass is 637 g/mol. The summed E-state index contributed by atoms with van der Waals surface area (Å²) in [5.74, 6) is -1.01. The van der Waals surface area contributed by atoms with Crippen LogP contribution in [0.5, 0.6) is 0 Å². The third-order valence-corrected chi connectivity index (χ3v) is 8.51. The molecule has 0 spiro atoms. The van der Waals surface area contributed by atoms with Crippen molar-refractivity contribution in [1.82, 2.24) is 5.32 Å². The number of aliphatic hydroxyl groups is 1. The molecule has 6 nitrogen and oxygen atoms in total. The smallest absolute Gasteiger partial charge is 0.267 e. The summed E-state index contributed by atoms with van der Waals surface area (Å²) in [5, 5.41) is 13.1. The van der Waals surface area contributed by atoms with Crippen molar-refractivity contribution in [2.24, 2.45) is 0 Å². The molecular formula is C37H67NO5S. The molecule has 0 fully saturated rings. The lowest BCUT2D eigenvalue weighted by Crippen LogP contribution is -2.46. The molecule has 0 saturated carbocycles. The average Bonchev–Trinajstić information content (AvgIpc) is 2.98. The zero-order chi connectivity index (χ0) is 32.6. The molecule has 0 aromatic rings. The van der Waals surface area contributed by atoms with Gasteiger partial charge in [0.05, 0.1) is 17.9 Å². The van der Waals surface area contributed by atoms with Crippen molar-refractivity contribution >= 4 is 16.0 Å². The predicted molar refractivity (Wildman–Crippen MR) is 188 cm³/mol. The number of aliphatic hydroxyl groups excluding tert-OH is 1. The molecule has 2 atom stereocenters. The average molecular weight is 638 g/mol. The van der Waals surface area contributed by atoms with Crippen LogP contribution >= 0.6 is 0 Å². The van der Waals surface area contributed by atoms with Crippen LogP contribution in [0.4, 0.5) is 0 Å². The van der Waals surface area contributed by atoms with Crippen molar-refractivity contribution in [2.75, 3.05) is 5.75 Å². The molecule has 256 valence electrons. The Kier molecular flexibility index (Phi) is 30.1. The van der Waals surface area contributed by atoms with Gasteiger partial charge < -0.3 is 10.4 Å². The van der Waals surface area contributed by atoms with Gasteiger partial charge in [-0.1, -0.05) is 140 Å². The van der Waals surface area contributed by atoms with E-state index in [-0.39, 0.29) is 12.3 Å². The lowest BCUT2D eigenvalue weighted by atomic mass is 10.1. The first-order valence-electron chi connectivity index (χ1n) is 17.8. The minimum Gasteiger partial charge on any atom is -0.387 e. The highest BCUT2D eigenvalue weighted by atomic mass is 32.2. The summed E-state index contributed by atoms with van der Waals surface area (Å²) in [6.45, 7) is 4.45. The molecule has 0 bridgehead atoms. The van der Waals surface area contributed by atoms with Gasteiger partial charge in [-0.2, -0.15) is 8.42 Å². The van der Waals surface area contributed by atoms with Crippen LogP contribution in [0.2, 0.25) is 0 Å². The molecule has 0 heterocycles. The Morgan fingerprint density at radius 1 is 0.614 bits per heavy atom. The Morgan fingerprint density at radius 3 is 1.59 bits per heavy atom. The summed E-state index contributed by atoms with van der Waals surface area (Å²) in [7, 11) is -4.35. The van der Waals surface area contributed by atoms with Crippen LogP contribution in [0.1, 0.15) is 162 Å². The number of hydrogen-bond donors (Lipinski definition) is 3. The van der Waals surface area contributed by atoms with E-state index in [0.29, 0.717) is 6.42 Å². The third-order valence-electron chi connectivity index (χ3n) is 7.73. The number of nitrogens with one attached hydrogen (secondary N) is 1. The minimum atomic E-state index is -4.35. The Balaban J connectivity index is 4.03. The van der Waals surface area contributed by atoms with Crippen LogP contribution in [0.15, 0.2) is 48.6 Å². The van der Waals surface area contributed by atoms with E-state index in [9.17, 15) is 22.9 Å². The third kappa shape index (κ3) is 31.7. The van der Waals surface area contributed by atoms with Gasteiger partial charge in [0.2, 0.25) is 5.91 Å². The Bertz CT molecular complexity index is 878. The Labute approximate surface area is 271 Å². The van der Waals surface area contributed by atoms with Crippen LogP contribution in [-0.2, 0) is 14.9 Å². The predicted octanol–water partition coefficient (Wildman–Crippen LogP) is 9.96. The quantitative estimate of drug-likeness (QED) is 0.0399. The molecule has 2 unspecified atom stereocenters. The second-order valence-corrected chi connectivity index (χ2v) is 13.6. The standard InChI is InChI=1S/C37H67NO5S/c1-3-5-7-9-11-13-15-16-17-18-19-20-21-23-25-27-29-31-33-37(40)38-35(34-44(41,42)43)36(39)32-30-28-26-24-22-14-12-10-8-6-4-2/h13,15,17-18,22,24,30,32,35-36,39H,3-12,14,16,19-21,23,25-29,31,33-34H2,1-2H3,(H,38,40)(H,41,42,43)/b15-13-,18-17-,24-22+,32-30+. The minimum absolute atomic E-state index is 0.277. The number of carbonyl (C=O) groups is 1. The number of unbranched alkanes of at least 4 members (excludes halogenated alkanes) is 17. The molecule has 1 amide bonds. The maximum Gasteiger partial charge on any atom is 0.267 e. The molecule has 0 rings (SSSR count). The number of allylic oxidation sites excluding steroid dienone is 7. The first-order valence-corrected chi connectivity index (χ1v) is 19.4. The summed E-state index contributed by atoms with van der Waals surface area (Å²) >= 11 is 0. The summed E-state index contributed by atoms with van der Waals surface area (Å²) in [4.78, 5) is 12.4. The fraction of sp³-hybridized carbons (Fsp3) is 0.757. The summed E-state index contributed by atoms with van der Waals surface area (Å²) < 4.78 is 32.3. The van der Waals surface area contributed by atoms with Crippen molar-refractivity contribution in [2.45, 2.75) is 174 Å². The Morgan fingerprint density at radius 2 is 1.05 bits per heavy atom. The van der Waals surface area contributed by atoms with E-state index in [4.69, 9.17) is 0 Å². The number of carbonyl (C=O) groups excluding carboxylic acids is 1. The molecule has 0 saturated heterocycles. The molecular weight excluding hydrogens is 570 g/mol. The molecule has 0 aromatic heterocycles. The van der Waals surface area contributed by atoms with E-state index >= 15 is 0 Å². The summed E-state index contributed by atoms with van der Waals surface area (Å²) in [5.41, 5.74) is 0. The Hall–Kier alpha value is -1.70. The zero-order valence-electron chi connectivity index (χ0n) is 28.3. The van der Waals surface area contributed by atoms with Gasteiger partial charge in [0, 0.05) is 6.42 Å². The van der Waals surface area contributed by atoms with Gasteiger partial charge in [0.1, 0.15) is 0 Å². The second kappa shape index (κ2) is 31.3. The van der Waals surface area contributed by atoms with Crippen molar-refractivity contribution < 1.29 is 22.9 Å². The van der Waals surface area contributed by atoms with Crippen LogP contribution in [0.25, 0.3) is 0 Å². The van der Waals surface area contributed by atoms with E-state index in [1.54, 1.807) is 6.08 Å². The largest absolute Gasteiger partial charge is 0.387 e. The van der Waals surface area contributed by atoms with E-state index in [0.717, 1.165) is 51.4 Å². The van der Waals surface area contributed by atoms with Crippen molar-refractivity contribution in [3.8, 4) is 0 Å². The topological polar surface area (TPSA) is 104 Å². The van der Waals surface area contributed by atoms with E-state index in [2.05, 4.69) is 55.6 Å². The van der Waals surface area contributed by atoms with E-state index in [1.165, 1.54) is 89.5 Å². The molecule has 0 aromatic carbocycles. The summed E-state index contributed by atoms with van der Waals surface area (Å²) in [6.07, 6.45) is 40.9. The molecule has 0 aliphatic rings. The van der Waals surface area contributed by atoms with Gasteiger partial charge >= 0.3 is 0 Å². The van der Waals surface area contributed by atoms with Crippen LogP contribution in [0.3, 0.4) is 0 Å². The molecule has 0 aliphatic heterocycles. The first kappa shape index (κ1) is 42.3. The van der Waals surface area contributed by atoms with Gasteiger partial charge in [0.25, 0.3) is 10.1 Å². The van der Waals surface area contributed by atoms with E-state index in [1.807, 2.05) is 0 Å². The molecule has 7 heteroatoms. The molecule has 3 N–H and O–H groups in total. The highest BCUT2D eigenvalue weighted by Crippen LogP contribution is 2.11. The highest BCUT2D eigenvalue weighted by molar-refractivity contribution is 7.85. The highest BCUT2D eigenvalue weighted by Gasteiger charge is 2.24. The lowest BCUT2D eigenvalue weighted by molar-refractivity contribution is -0.122. The number of rotatable bonds is 31. The van der Waals surface area contributed by atoms with Crippen LogP contribution < -0.4 is 5.32 Å². The fourth-order valence-corrected chi connectivity index (χ4v) is 5.76. The van der Waals surface area contributed by atoms with E-state index < -0.39 is 28.0 Å². The van der Waals surface area contributed by atoms with Gasteiger partial charge in [-0.05, 0) is 64.2 Å². The van der Waals surface area contributed by atoms with Gasteiger partial charge in [-0.25, -0.2) is 0 Å². The second-order valence-electron chi connectivity index (χ2n) is 12.1. The summed E-state index contributed by atoms with van der Waals surface area (Å²) in [6, 6.07) is -1.08. The number of amides is 1. The van der Waals surface area contributed by atoms with Crippen molar-refractivity contribution in [1.29, 1.82) is 0 Å². The normalized spacial score (nSPS) is 14.0. The maximum absolute atomic E-state index is 12.4. The van der Waals surface area contributed by atoms with Gasteiger partial charge in [0.15, 0.2) is 0 Å². The SMILES string of the molecule is CCCCCC/C=C\C/C=C\CCCCCCCCCC(=O)NC(CS(=O)(=O)O)C(O)/C=C/CC/C=C/CCCCCCC. The first-order chi connectivity index (χ1) is 21.3. The fourth-order valence-electron chi connectivity index (χ4n) is 5.02. The zero-order valence-corrected chi connectivity index (χ0v) is 29.1. The molecule has 0 aliphatic carbocycles. The number of hydrogen-bond acceptors (Lipinski definition) is 4. The van der Waals surface area contributed by atoms with Gasteiger partial charge in [-0.15, -0.1) is 0 Å². The van der Waals surface area contributed by atoms with Crippen molar-refractivity contribution in [3.05, 3.63) is 48.6 Å². The van der Waals surface area contributed by atoms with Gasteiger partial charge in [-0.3, -0.25) is 9.35 Å². The van der Waals surface area contributed by atoms with Crippen LogP contribution in [0, 0.1) is 0 Å². The van der Waals surface area contributed by atoms with Crippen molar-refractivity contribution in [3.63, 3.8) is 0 Å². The maximum atomic E-state index is 12.4. The molecule has 0 radical (unpaired) electrons. The molecule has 44 heavy (non-hydrogen) atoms.